The summed E-state index contributed by atoms with van der Waals surface area (Å²) in [5, 5.41) is 3.44. The van der Waals surface area contributed by atoms with Gasteiger partial charge in [-0.3, -0.25) is 4.79 Å². The summed E-state index contributed by atoms with van der Waals surface area (Å²) in [5.41, 5.74) is 6.82. The van der Waals surface area contributed by atoms with Crippen LogP contribution >= 0.6 is 35.5 Å². The summed E-state index contributed by atoms with van der Waals surface area (Å²) in [6.45, 7) is 4.07. The minimum absolute atomic E-state index is 0. The zero-order chi connectivity index (χ0) is 12.8. The maximum atomic E-state index is 11.7. The van der Waals surface area contributed by atoms with Crippen LogP contribution in [0.25, 0.3) is 0 Å². The number of nitrogens with one attached hydrogen (secondary N) is 1. The Balaban J connectivity index is 0.00000289. The highest BCUT2D eigenvalue weighted by Crippen LogP contribution is 2.22. The van der Waals surface area contributed by atoms with Crippen LogP contribution < -0.4 is 11.1 Å². The van der Waals surface area contributed by atoms with Gasteiger partial charge in [-0.1, -0.05) is 6.92 Å². The predicted octanol–water partition coefficient (Wildman–Crippen LogP) is 2.45. The molecule has 0 aliphatic heterocycles. The summed E-state index contributed by atoms with van der Waals surface area (Å²) in [4.78, 5) is 17.3. The summed E-state index contributed by atoms with van der Waals surface area (Å²) in [7, 11) is 0. The molecule has 0 aliphatic rings. The molecule has 104 valence electrons. The number of rotatable bonds is 6. The molecule has 1 amide bonds. The summed E-state index contributed by atoms with van der Waals surface area (Å²) in [6, 6.07) is -0.447. The van der Waals surface area contributed by atoms with Gasteiger partial charge in [0.25, 0.3) is 0 Å². The van der Waals surface area contributed by atoms with Crippen molar-refractivity contribution in [2.75, 3.05) is 17.3 Å². The average Bonchev–Trinajstić information content (AvgIpc) is 2.66. The molecule has 1 rings (SSSR count). The number of hydrogen-bond acceptors (Lipinski definition) is 5. The highest BCUT2D eigenvalue weighted by atomic mass is 35.5. The Hall–Kier alpha value is -0.300. The van der Waals surface area contributed by atoms with E-state index in [1.165, 1.54) is 11.3 Å². The highest BCUT2D eigenvalue weighted by Gasteiger charge is 2.15. The number of hydrogen-bond donors (Lipinski definition) is 2. The first-order chi connectivity index (χ1) is 8.08. The van der Waals surface area contributed by atoms with E-state index in [9.17, 15) is 4.79 Å². The van der Waals surface area contributed by atoms with E-state index in [0.717, 1.165) is 22.7 Å². The Bertz CT molecular complexity index is 384. The minimum atomic E-state index is -0.447. The molecule has 4 nitrogen and oxygen atoms in total. The molecule has 0 saturated carbocycles. The number of anilines is 1. The first-order valence-corrected chi connectivity index (χ1v) is 7.81. The van der Waals surface area contributed by atoms with Crippen LogP contribution in [0.15, 0.2) is 0 Å². The van der Waals surface area contributed by atoms with Crippen molar-refractivity contribution in [3.63, 3.8) is 0 Å². The average molecular weight is 310 g/mol. The Morgan fingerprint density at radius 3 is 2.78 bits per heavy atom. The summed E-state index contributed by atoms with van der Waals surface area (Å²) >= 11 is 3.20. The van der Waals surface area contributed by atoms with E-state index in [1.54, 1.807) is 11.8 Å². The van der Waals surface area contributed by atoms with Crippen molar-refractivity contribution in [3.05, 3.63) is 10.6 Å². The van der Waals surface area contributed by atoms with Crippen molar-refractivity contribution in [2.24, 2.45) is 5.73 Å². The van der Waals surface area contributed by atoms with Gasteiger partial charge in [-0.15, -0.1) is 23.7 Å². The van der Waals surface area contributed by atoms with E-state index in [2.05, 4.69) is 17.2 Å². The van der Waals surface area contributed by atoms with E-state index in [1.807, 2.05) is 13.2 Å². The maximum Gasteiger partial charge on any atom is 0.243 e. The number of thiazole rings is 1. The van der Waals surface area contributed by atoms with Crippen LogP contribution in [0.1, 0.15) is 23.9 Å². The van der Waals surface area contributed by atoms with Crippen LogP contribution in [0.5, 0.6) is 0 Å². The van der Waals surface area contributed by atoms with Crippen LogP contribution in [0.4, 0.5) is 5.13 Å². The zero-order valence-corrected chi connectivity index (χ0v) is 13.3. The van der Waals surface area contributed by atoms with E-state index < -0.39 is 6.04 Å². The van der Waals surface area contributed by atoms with Crippen LogP contribution in [-0.2, 0) is 11.2 Å². The molecule has 1 aromatic rings. The lowest BCUT2D eigenvalue weighted by atomic mass is 10.2. The van der Waals surface area contributed by atoms with E-state index in [-0.39, 0.29) is 18.3 Å². The molecule has 0 saturated heterocycles. The number of aryl methyl sites for hydroxylation is 2. The number of amides is 1. The lowest BCUT2D eigenvalue weighted by Gasteiger charge is -2.09. The molecule has 1 atom stereocenters. The van der Waals surface area contributed by atoms with Gasteiger partial charge in [0.15, 0.2) is 5.13 Å². The molecule has 3 N–H and O–H groups in total. The van der Waals surface area contributed by atoms with Crippen LogP contribution in [0.3, 0.4) is 0 Å². The van der Waals surface area contributed by atoms with Gasteiger partial charge in [0.1, 0.15) is 0 Å². The second kappa shape index (κ2) is 8.74. The molecule has 0 aromatic carbocycles. The third kappa shape index (κ3) is 5.14. The van der Waals surface area contributed by atoms with Gasteiger partial charge in [0.05, 0.1) is 11.7 Å². The third-order valence-corrected chi connectivity index (χ3v) is 4.00. The van der Waals surface area contributed by atoms with Gasteiger partial charge in [-0.05, 0) is 31.8 Å². The molecule has 1 heterocycles. The molecule has 0 fully saturated rings. The number of carbonyl (C=O) groups excluding carboxylic acids is 1. The SMILES string of the molecule is CCc1nc(NC(=O)[C@@H](N)CCSC)sc1C.Cl. The monoisotopic (exact) mass is 309 g/mol. The van der Waals surface area contributed by atoms with Crippen LogP contribution in [0.2, 0.25) is 0 Å². The molecule has 0 unspecified atom stereocenters. The molecular formula is C11H20ClN3OS2. The Morgan fingerprint density at radius 2 is 2.28 bits per heavy atom. The molecule has 18 heavy (non-hydrogen) atoms. The molecule has 1 aromatic heterocycles. The first-order valence-electron chi connectivity index (χ1n) is 5.60. The number of thioether (sulfide) groups is 1. The van der Waals surface area contributed by atoms with Crippen molar-refractivity contribution < 1.29 is 4.79 Å². The Kier molecular flexibility index (Phi) is 8.60. The molecule has 7 heteroatoms. The van der Waals surface area contributed by atoms with Gasteiger partial charge in [-0.25, -0.2) is 4.98 Å². The van der Waals surface area contributed by atoms with Crippen molar-refractivity contribution >= 4 is 46.5 Å². The minimum Gasteiger partial charge on any atom is -0.320 e. The molecular weight excluding hydrogens is 290 g/mol. The smallest absolute Gasteiger partial charge is 0.243 e. The summed E-state index contributed by atoms with van der Waals surface area (Å²) in [5.74, 6) is 0.751. The van der Waals surface area contributed by atoms with E-state index in [4.69, 9.17) is 5.73 Å². The number of nitrogens with two attached hydrogens (primary N) is 1. The van der Waals surface area contributed by atoms with Crippen LogP contribution in [-0.4, -0.2) is 28.9 Å². The van der Waals surface area contributed by atoms with Crippen LogP contribution in [0, 0.1) is 6.92 Å². The Morgan fingerprint density at radius 1 is 1.61 bits per heavy atom. The normalized spacial score (nSPS) is 11.8. The fourth-order valence-electron chi connectivity index (χ4n) is 1.38. The van der Waals surface area contributed by atoms with Gasteiger partial charge < -0.3 is 11.1 Å². The Labute approximate surface area is 123 Å². The fourth-order valence-corrected chi connectivity index (χ4v) is 2.78. The van der Waals surface area contributed by atoms with Crippen molar-refractivity contribution in [1.82, 2.24) is 4.98 Å². The highest BCUT2D eigenvalue weighted by molar-refractivity contribution is 7.98. The molecule has 0 radical (unpaired) electrons. The number of aromatic nitrogens is 1. The van der Waals surface area contributed by atoms with Gasteiger partial charge in [0, 0.05) is 4.88 Å². The van der Waals surface area contributed by atoms with Crippen molar-refractivity contribution in [2.45, 2.75) is 32.7 Å². The number of nitrogens with zero attached hydrogens (tertiary/aromatic N) is 1. The predicted molar refractivity (Wildman–Crippen MR) is 83.1 cm³/mol. The molecule has 0 aliphatic carbocycles. The standard InChI is InChI=1S/C11H19N3OS2.ClH/c1-4-9-7(2)17-11(13-9)14-10(15)8(12)5-6-16-3;/h8H,4-6,12H2,1-3H3,(H,13,14,15);1H/t8-;/m0./s1. The number of carbonyl (C=O) groups is 1. The van der Waals surface area contributed by atoms with E-state index >= 15 is 0 Å². The van der Waals surface area contributed by atoms with Gasteiger partial charge in [0.2, 0.25) is 5.91 Å². The molecule has 0 bridgehead atoms. The largest absolute Gasteiger partial charge is 0.320 e. The summed E-state index contributed by atoms with van der Waals surface area (Å²) < 4.78 is 0. The lowest BCUT2D eigenvalue weighted by Crippen LogP contribution is -2.36. The van der Waals surface area contributed by atoms with Gasteiger partial charge in [-0.2, -0.15) is 11.8 Å². The fraction of sp³-hybridized carbons (Fsp3) is 0.636. The lowest BCUT2D eigenvalue weighted by molar-refractivity contribution is -0.117. The quantitative estimate of drug-likeness (QED) is 0.847. The van der Waals surface area contributed by atoms with Gasteiger partial charge >= 0.3 is 0 Å². The van der Waals surface area contributed by atoms with E-state index in [0.29, 0.717) is 11.6 Å². The zero-order valence-electron chi connectivity index (χ0n) is 10.9. The number of halogens is 1. The third-order valence-electron chi connectivity index (χ3n) is 2.43. The molecule has 0 spiro atoms. The first kappa shape index (κ1) is 17.7. The second-order valence-corrected chi connectivity index (χ2v) is 5.94. The second-order valence-electron chi connectivity index (χ2n) is 3.75. The van der Waals surface area contributed by atoms with Crippen molar-refractivity contribution in [3.8, 4) is 0 Å². The topological polar surface area (TPSA) is 68.0 Å². The summed E-state index contributed by atoms with van der Waals surface area (Å²) in [6.07, 6.45) is 3.58. The maximum absolute atomic E-state index is 11.7. The van der Waals surface area contributed by atoms with Crippen molar-refractivity contribution in [1.29, 1.82) is 0 Å².